The van der Waals surface area contributed by atoms with E-state index in [-0.39, 0.29) is 36.7 Å². The van der Waals surface area contributed by atoms with Crippen LogP contribution in [0.5, 0.6) is 0 Å². The molecule has 3 aliphatic rings. The van der Waals surface area contributed by atoms with Gasteiger partial charge in [0.05, 0.1) is 12.2 Å². The number of imide groups is 1. The molecule has 0 spiro atoms. The summed E-state index contributed by atoms with van der Waals surface area (Å²) in [5, 5.41) is 3.27. The number of benzene rings is 1. The molecule has 0 aromatic heterocycles. The van der Waals surface area contributed by atoms with Crippen molar-refractivity contribution in [1.29, 1.82) is 0 Å². The average molecular weight is 428 g/mol. The van der Waals surface area contributed by atoms with Gasteiger partial charge in [-0.3, -0.25) is 14.5 Å². The number of alkyl halides is 4. The highest BCUT2D eigenvalue weighted by molar-refractivity contribution is 6.07. The molecule has 1 N–H and O–H groups in total. The third-order valence-corrected chi connectivity index (χ3v) is 6.30. The first-order valence-corrected chi connectivity index (χ1v) is 10.3. The van der Waals surface area contributed by atoms with E-state index in [0.717, 1.165) is 17.0 Å². The Labute approximate surface area is 171 Å². The van der Waals surface area contributed by atoms with Crippen LogP contribution in [0.25, 0.3) is 0 Å². The van der Waals surface area contributed by atoms with Crippen LogP contribution < -0.4 is 5.32 Å². The third-order valence-electron chi connectivity index (χ3n) is 6.30. The fourth-order valence-electron chi connectivity index (χ4n) is 4.63. The van der Waals surface area contributed by atoms with Crippen LogP contribution in [0, 0.1) is 5.92 Å². The molecular formula is C21H24F4N2O3. The zero-order valence-corrected chi connectivity index (χ0v) is 16.4. The largest absolute Gasteiger partial charge is 0.416 e. The van der Waals surface area contributed by atoms with E-state index < -0.39 is 29.7 Å². The van der Waals surface area contributed by atoms with Crippen LogP contribution in [-0.2, 0) is 22.1 Å². The molecule has 9 heteroatoms. The Hall–Kier alpha value is -2.00. The van der Waals surface area contributed by atoms with Crippen molar-refractivity contribution in [2.45, 2.75) is 56.5 Å². The summed E-state index contributed by atoms with van der Waals surface area (Å²) in [7, 11) is 0. The Balaban J connectivity index is 1.41. The maximum Gasteiger partial charge on any atom is 0.416 e. The zero-order valence-electron chi connectivity index (χ0n) is 16.4. The molecule has 2 amide bonds. The molecule has 2 fully saturated rings. The minimum Gasteiger partial charge on any atom is -0.378 e. The SMILES string of the molecule is O=C1c2cc(C(F)(F)F)ccc2CCN1C(=O)C1CCC(NC2CCOCC2F)C1. The smallest absolute Gasteiger partial charge is 0.378 e. The Kier molecular flexibility index (Phi) is 5.85. The molecule has 1 aromatic rings. The summed E-state index contributed by atoms with van der Waals surface area (Å²) in [6.07, 6.45) is -2.99. The van der Waals surface area contributed by atoms with Crippen LogP contribution in [0.4, 0.5) is 17.6 Å². The van der Waals surface area contributed by atoms with Crippen LogP contribution in [0.3, 0.4) is 0 Å². The quantitative estimate of drug-likeness (QED) is 0.594. The van der Waals surface area contributed by atoms with Gasteiger partial charge in [0, 0.05) is 36.7 Å². The number of halogens is 4. The highest BCUT2D eigenvalue weighted by atomic mass is 19.4. The van der Waals surface area contributed by atoms with Crippen LogP contribution in [0.15, 0.2) is 18.2 Å². The second kappa shape index (κ2) is 8.26. The summed E-state index contributed by atoms with van der Waals surface area (Å²) < 4.78 is 58.1. The van der Waals surface area contributed by atoms with Gasteiger partial charge in [-0.25, -0.2) is 4.39 Å². The number of hydrogen-bond donors (Lipinski definition) is 1. The minimum atomic E-state index is -4.55. The van der Waals surface area contributed by atoms with E-state index in [2.05, 4.69) is 5.32 Å². The van der Waals surface area contributed by atoms with Crippen LogP contribution in [-0.4, -0.2) is 54.7 Å². The van der Waals surface area contributed by atoms with Crippen molar-refractivity contribution in [3.05, 3.63) is 34.9 Å². The number of fused-ring (bicyclic) bond motifs is 1. The summed E-state index contributed by atoms with van der Waals surface area (Å²) >= 11 is 0. The van der Waals surface area contributed by atoms with Crippen LogP contribution >= 0.6 is 0 Å². The summed E-state index contributed by atoms with van der Waals surface area (Å²) in [5.41, 5.74) is -0.428. The molecule has 164 valence electrons. The van der Waals surface area contributed by atoms with Crippen molar-refractivity contribution >= 4 is 11.8 Å². The molecule has 1 saturated heterocycles. The Morgan fingerprint density at radius 3 is 2.73 bits per heavy atom. The summed E-state index contributed by atoms with van der Waals surface area (Å²) in [5.74, 6) is -1.41. The van der Waals surface area contributed by atoms with Gasteiger partial charge in [-0.15, -0.1) is 0 Å². The summed E-state index contributed by atoms with van der Waals surface area (Å²) in [4.78, 5) is 26.8. The molecule has 5 nitrogen and oxygen atoms in total. The van der Waals surface area contributed by atoms with E-state index in [0.29, 0.717) is 44.3 Å². The molecule has 4 rings (SSSR count). The van der Waals surface area contributed by atoms with E-state index in [1.165, 1.54) is 6.07 Å². The lowest BCUT2D eigenvalue weighted by molar-refractivity contribution is -0.137. The third kappa shape index (κ3) is 4.23. The fraction of sp³-hybridized carbons (Fsp3) is 0.619. The monoisotopic (exact) mass is 428 g/mol. The predicted molar refractivity (Wildman–Crippen MR) is 99.6 cm³/mol. The van der Waals surface area contributed by atoms with E-state index in [1.807, 2.05) is 0 Å². The Morgan fingerprint density at radius 1 is 1.20 bits per heavy atom. The lowest BCUT2D eigenvalue weighted by Crippen LogP contribution is -2.48. The number of carbonyl (C=O) groups is 2. The number of hydrogen-bond acceptors (Lipinski definition) is 4. The van der Waals surface area contributed by atoms with Gasteiger partial charge in [0.25, 0.3) is 5.91 Å². The number of ether oxygens (including phenoxy) is 1. The Bertz CT molecular complexity index is 829. The normalized spacial score (nSPS) is 29.7. The first kappa shape index (κ1) is 21.2. The van der Waals surface area contributed by atoms with Gasteiger partial charge in [-0.1, -0.05) is 6.07 Å². The van der Waals surface area contributed by atoms with E-state index in [9.17, 15) is 27.2 Å². The van der Waals surface area contributed by atoms with Crippen LogP contribution in [0.2, 0.25) is 0 Å². The van der Waals surface area contributed by atoms with Gasteiger partial charge in [-0.2, -0.15) is 13.2 Å². The zero-order chi connectivity index (χ0) is 21.5. The van der Waals surface area contributed by atoms with Gasteiger partial charge in [0.15, 0.2) is 0 Å². The summed E-state index contributed by atoms with van der Waals surface area (Å²) in [6.45, 7) is 0.722. The van der Waals surface area contributed by atoms with Crippen molar-refractivity contribution in [3.8, 4) is 0 Å². The van der Waals surface area contributed by atoms with Crippen molar-refractivity contribution in [2.75, 3.05) is 19.8 Å². The lowest BCUT2D eigenvalue weighted by atomic mass is 9.95. The second-order valence-electron chi connectivity index (χ2n) is 8.27. The summed E-state index contributed by atoms with van der Waals surface area (Å²) in [6, 6.07) is 2.79. The highest BCUT2D eigenvalue weighted by Crippen LogP contribution is 2.34. The molecule has 1 aromatic carbocycles. The molecule has 0 bridgehead atoms. The molecule has 1 aliphatic carbocycles. The van der Waals surface area contributed by atoms with E-state index in [1.54, 1.807) is 0 Å². The lowest BCUT2D eigenvalue weighted by Gasteiger charge is -2.31. The second-order valence-corrected chi connectivity index (χ2v) is 8.27. The molecule has 0 radical (unpaired) electrons. The standard InChI is InChI=1S/C21H24F4N2O3/c22-17-11-30-8-6-18(17)26-15-4-2-13(9-15)19(28)27-7-5-12-1-3-14(21(23,24)25)10-16(12)20(27)29/h1,3,10,13,15,17-18,26H,2,4-9,11H2. The van der Waals surface area contributed by atoms with Crippen LogP contribution in [0.1, 0.15) is 47.2 Å². The number of carbonyl (C=O) groups excluding carboxylic acids is 2. The van der Waals surface area contributed by atoms with Crippen molar-refractivity contribution < 1.29 is 31.9 Å². The topological polar surface area (TPSA) is 58.6 Å². The molecule has 4 unspecified atom stereocenters. The molecular weight excluding hydrogens is 404 g/mol. The number of nitrogens with zero attached hydrogens (tertiary/aromatic N) is 1. The molecule has 4 atom stereocenters. The first-order chi connectivity index (χ1) is 14.2. The van der Waals surface area contributed by atoms with E-state index in [4.69, 9.17) is 4.74 Å². The minimum absolute atomic E-state index is 0.0238. The van der Waals surface area contributed by atoms with Gasteiger partial charge in [0.2, 0.25) is 5.91 Å². The van der Waals surface area contributed by atoms with Gasteiger partial charge < -0.3 is 10.1 Å². The highest BCUT2D eigenvalue weighted by Gasteiger charge is 2.40. The van der Waals surface area contributed by atoms with E-state index >= 15 is 0 Å². The molecule has 30 heavy (non-hydrogen) atoms. The predicted octanol–water partition coefficient (Wildman–Crippen LogP) is 3.12. The van der Waals surface area contributed by atoms with Crippen molar-refractivity contribution in [3.63, 3.8) is 0 Å². The van der Waals surface area contributed by atoms with Crippen molar-refractivity contribution in [2.24, 2.45) is 5.92 Å². The number of amides is 2. The number of nitrogens with one attached hydrogen (secondary N) is 1. The average Bonchev–Trinajstić information content (AvgIpc) is 3.17. The van der Waals surface area contributed by atoms with Gasteiger partial charge in [-0.05, 0) is 49.8 Å². The number of rotatable bonds is 3. The fourth-order valence-corrected chi connectivity index (χ4v) is 4.63. The van der Waals surface area contributed by atoms with Gasteiger partial charge >= 0.3 is 6.18 Å². The van der Waals surface area contributed by atoms with Gasteiger partial charge in [0.1, 0.15) is 6.17 Å². The maximum absolute atomic E-state index is 14.0. The first-order valence-electron chi connectivity index (χ1n) is 10.3. The van der Waals surface area contributed by atoms with Crippen molar-refractivity contribution in [1.82, 2.24) is 10.2 Å². The molecule has 1 saturated carbocycles. The Morgan fingerprint density at radius 2 is 2.00 bits per heavy atom. The molecule has 2 heterocycles. The maximum atomic E-state index is 14.0. The molecule has 2 aliphatic heterocycles.